The maximum absolute atomic E-state index is 13.0. The summed E-state index contributed by atoms with van der Waals surface area (Å²) in [7, 11) is 0. The van der Waals surface area contributed by atoms with E-state index in [-0.39, 0.29) is 16.9 Å². The average Bonchev–Trinajstić information content (AvgIpc) is 3.12. The third kappa shape index (κ3) is 5.15. The van der Waals surface area contributed by atoms with E-state index < -0.39 is 0 Å². The maximum atomic E-state index is 13.0. The number of hydrogen-bond donors (Lipinski definition) is 2. The van der Waals surface area contributed by atoms with E-state index in [4.69, 9.17) is 11.6 Å². The number of amides is 1. The molecular formula is C32H43ClN2O2. The number of rotatable bonds is 5. The largest absolute Gasteiger partial charge is 0.324 e. The van der Waals surface area contributed by atoms with Crippen LogP contribution in [0, 0.1) is 35.0 Å². The summed E-state index contributed by atoms with van der Waals surface area (Å²) in [5.74, 6) is 2.83. The number of pyridine rings is 1. The minimum absolute atomic E-state index is 0.0478. The number of aryl methyl sites for hydroxylation is 2. The smallest absolute Gasteiger partial charge is 0.271 e. The van der Waals surface area contributed by atoms with Crippen molar-refractivity contribution < 1.29 is 4.79 Å². The number of H-pyrrole nitrogens is 1. The summed E-state index contributed by atoms with van der Waals surface area (Å²) in [4.78, 5) is 28.6. The molecule has 200 valence electrons. The molecular weight excluding hydrogens is 480 g/mol. The molecule has 0 spiro atoms. The lowest BCUT2D eigenvalue weighted by molar-refractivity contribution is -0.116. The zero-order valence-electron chi connectivity index (χ0n) is 22.8. The van der Waals surface area contributed by atoms with Gasteiger partial charge in [-0.25, -0.2) is 0 Å². The Bertz CT molecular complexity index is 1190. The first kappa shape index (κ1) is 26.5. The minimum Gasteiger partial charge on any atom is -0.324 e. The van der Waals surface area contributed by atoms with Crippen LogP contribution in [-0.4, -0.2) is 10.9 Å². The zero-order valence-corrected chi connectivity index (χ0v) is 23.6. The molecule has 0 radical (unpaired) electrons. The van der Waals surface area contributed by atoms with E-state index in [1.807, 2.05) is 13.0 Å². The van der Waals surface area contributed by atoms with Gasteiger partial charge in [0.05, 0.1) is 0 Å². The van der Waals surface area contributed by atoms with E-state index in [2.05, 4.69) is 42.9 Å². The second-order valence-electron chi connectivity index (χ2n) is 12.5. The highest BCUT2D eigenvalue weighted by Crippen LogP contribution is 2.65. The number of aromatic amines is 1. The first-order chi connectivity index (χ1) is 17.7. The number of halogens is 1. The monoisotopic (exact) mass is 522 g/mol. The molecule has 4 aliphatic carbocycles. The van der Waals surface area contributed by atoms with Crippen LogP contribution in [0.2, 0.25) is 0 Å². The summed E-state index contributed by atoms with van der Waals surface area (Å²) < 4.78 is 0. The van der Waals surface area contributed by atoms with Crippen molar-refractivity contribution >= 4 is 23.2 Å². The molecule has 0 aromatic carbocycles. The Morgan fingerprint density at radius 3 is 2.84 bits per heavy atom. The number of anilines is 1. The molecule has 5 heteroatoms. The molecule has 2 N–H and O–H groups in total. The lowest BCUT2D eigenvalue weighted by Crippen LogP contribution is -2.44. The van der Waals surface area contributed by atoms with Gasteiger partial charge in [-0.15, -0.1) is 0 Å². The quantitative estimate of drug-likeness (QED) is 0.389. The summed E-state index contributed by atoms with van der Waals surface area (Å²) in [6.07, 6.45) is 15.7. The molecule has 4 nitrogen and oxygen atoms in total. The van der Waals surface area contributed by atoms with Gasteiger partial charge in [0.15, 0.2) is 0 Å². The van der Waals surface area contributed by atoms with Crippen molar-refractivity contribution in [2.45, 2.75) is 91.4 Å². The molecule has 3 fully saturated rings. The highest BCUT2D eigenvalue weighted by molar-refractivity contribution is 6.29. The molecule has 4 aliphatic rings. The normalized spacial score (nSPS) is 34.6. The SMILES string of the molecule is C=C1C[C@@H](CCC(=O)Nc2cc3c([nH]c2=O)CCCC3)C2C3CCC(C)/C(=C\C=C(/C)Cl)C3CC[C@]12C. The standard InChI is InChI=1S/C32H43ClN2O2/c1-19-9-12-26-25(24(19)13-10-21(3)33)15-16-32(4)20(2)17-23(30(26)32)11-14-29(36)34-28-18-22-7-5-6-8-27(22)35-31(28)37/h10,13,18-19,23,25-26,30H,2,5-9,11-12,14-17H2,1,3-4H3,(H,34,36)(H,35,37)/b21-10+,24-13+/t19?,23-,25?,26?,30?,32-/m1/s1. The molecule has 6 atom stereocenters. The number of nitrogens with one attached hydrogen (secondary N) is 2. The second-order valence-corrected chi connectivity index (χ2v) is 13.1. The van der Waals surface area contributed by atoms with Crippen LogP contribution in [0.5, 0.6) is 0 Å². The lowest BCUT2D eigenvalue weighted by atomic mass is 9.52. The highest BCUT2D eigenvalue weighted by Gasteiger charge is 2.56. The summed E-state index contributed by atoms with van der Waals surface area (Å²) in [6.45, 7) is 11.3. The van der Waals surface area contributed by atoms with Crippen molar-refractivity contribution in [1.82, 2.24) is 4.98 Å². The topological polar surface area (TPSA) is 62.0 Å². The van der Waals surface area contributed by atoms with Gasteiger partial charge in [0.2, 0.25) is 5.91 Å². The number of carbonyl (C=O) groups is 1. The molecule has 1 aromatic rings. The number of allylic oxidation sites excluding steroid dienone is 5. The predicted molar refractivity (Wildman–Crippen MR) is 153 cm³/mol. The zero-order chi connectivity index (χ0) is 26.3. The molecule has 37 heavy (non-hydrogen) atoms. The molecule has 4 unspecified atom stereocenters. The van der Waals surface area contributed by atoms with Crippen LogP contribution in [0.15, 0.2) is 45.8 Å². The molecule has 0 saturated heterocycles. The summed E-state index contributed by atoms with van der Waals surface area (Å²) >= 11 is 6.19. The van der Waals surface area contributed by atoms with Crippen molar-refractivity contribution in [2.75, 3.05) is 5.32 Å². The highest BCUT2D eigenvalue weighted by atomic mass is 35.5. The van der Waals surface area contributed by atoms with Gasteiger partial charge in [-0.1, -0.05) is 49.2 Å². The van der Waals surface area contributed by atoms with Gasteiger partial charge in [0, 0.05) is 17.1 Å². The Balaban J connectivity index is 1.30. The third-order valence-corrected chi connectivity index (χ3v) is 10.4. The van der Waals surface area contributed by atoms with Gasteiger partial charge < -0.3 is 10.3 Å². The van der Waals surface area contributed by atoms with E-state index in [1.54, 1.807) is 5.57 Å². The van der Waals surface area contributed by atoms with E-state index in [0.29, 0.717) is 41.7 Å². The van der Waals surface area contributed by atoms with Crippen molar-refractivity contribution in [3.8, 4) is 0 Å². The Morgan fingerprint density at radius 2 is 2.05 bits per heavy atom. The third-order valence-electron chi connectivity index (χ3n) is 10.3. The maximum Gasteiger partial charge on any atom is 0.271 e. The Kier molecular flexibility index (Phi) is 7.60. The van der Waals surface area contributed by atoms with Gasteiger partial charge in [0.1, 0.15) is 5.69 Å². The summed E-state index contributed by atoms with van der Waals surface area (Å²) in [5, 5.41) is 3.77. The average molecular weight is 523 g/mol. The van der Waals surface area contributed by atoms with Crippen LogP contribution in [0.4, 0.5) is 5.69 Å². The van der Waals surface area contributed by atoms with Crippen LogP contribution < -0.4 is 10.9 Å². The van der Waals surface area contributed by atoms with Gasteiger partial charge in [-0.3, -0.25) is 9.59 Å². The number of fused-ring (bicyclic) bond motifs is 4. The number of aromatic nitrogens is 1. The van der Waals surface area contributed by atoms with Gasteiger partial charge >= 0.3 is 0 Å². The Hall–Kier alpha value is -2.07. The number of carbonyl (C=O) groups excluding carboxylic acids is 1. The van der Waals surface area contributed by atoms with E-state index in [0.717, 1.165) is 49.3 Å². The molecule has 0 bridgehead atoms. The Labute approximate surface area is 227 Å². The fraction of sp³-hybridized carbons (Fsp3) is 0.625. The fourth-order valence-corrected chi connectivity index (χ4v) is 8.43. The van der Waals surface area contributed by atoms with Crippen molar-refractivity contribution in [3.63, 3.8) is 0 Å². The van der Waals surface area contributed by atoms with E-state index in [1.165, 1.54) is 36.8 Å². The van der Waals surface area contributed by atoms with Gasteiger partial charge in [-0.2, -0.15) is 0 Å². The van der Waals surface area contributed by atoms with Crippen LogP contribution in [0.3, 0.4) is 0 Å². The molecule has 3 saturated carbocycles. The lowest BCUT2D eigenvalue weighted by Gasteiger charge is -2.52. The molecule has 5 rings (SSSR count). The molecule has 1 amide bonds. The molecule has 1 aromatic heterocycles. The first-order valence-corrected chi connectivity index (χ1v) is 14.8. The summed E-state index contributed by atoms with van der Waals surface area (Å²) in [5.41, 5.74) is 5.56. The van der Waals surface area contributed by atoms with Crippen molar-refractivity contribution in [3.05, 3.63) is 62.6 Å². The van der Waals surface area contributed by atoms with E-state index in [9.17, 15) is 9.59 Å². The predicted octanol–water partition coefficient (Wildman–Crippen LogP) is 7.70. The summed E-state index contributed by atoms with van der Waals surface area (Å²) in [6, 6.07) is 1.90. The van der Waals surface area contributed by atoms with Crippen LogP contribution >= 0.6 is 11.6 Å². The van der Waals surface area contributed by atoms with E-state index >= 15 is 0 Å². The molecule has 0 aliphatic heterocycles. The van der Waals surface area contributed by atoms with Crippen molar-refractivity contribution in [1.29, 1.82) is 0 Å². The fourth-order valence-electron chi connectivity index (χ4n) is 8.36. The molecule has 1 heterocycles. The van der Waals surface area contributed by atoms with Crippen LogP contribution in [-0.2, 0) is 17.6 Å². The Morgan fingerprint density at radius 1 is 1.27 bits per heavy atom. The first-order valence-electron chi connectivity index (χ1n) is 14.4. The number of hydrogen-bond acceptors (Lipinski definition) is 2. The minimum atomic E-state index is -0.178. The van der Waals surface area contributed by atoms with Crippen molar-refractivity contribution in [2.24, 2.45) is 35.0 Å². The van der Waals surface area contributed by atoms with Gasteiger partial charge in [-0.05, 0) is 124 Å². The van der Waals surface area contributed by atoms with Crippen LogP contribution in [0.25, 0.3) is 0 Å². The van der Waals surface area contributed by atoms with Gasteiger partial charge in [0.25, 0.3) is 5.56 Å². The van der Waals surface area contributed by atoms with Crippen LogP contribution in [0.1, 0.15) is 89.8 Å². The second kappa shape index (κ2) is 10.6.